The van der Waals surface area contributed by atoms with E-state index in [1.54, 1.807) is 12.4 Å². The van der Waals surface area contributed by atoms with E-state index >= 15 is 0 Å². The van der Waals surface area contributed by atoms with Crippen molar-refractivity contribution in [3.63, 3.8) is 0 Å². The van der Waals surface area contributed by atoms with E-state index in [1.165, 1.54) is 0 Å². The van der Waals surface area contributed by atoms with Crippen LogP contribution >= 0.6 is 0 Å². The van der Waals surface area contributed by atoms with E-state index < -0.39 is 0 Å². The van der Waals surface area contributed by atoms with Crippen LogP contribution in [0.3, 0.4) is 0 Å². The summed E-state index contributed by atoms with van der Waals surface area (Å²) in [5.74, 6) is 2.05. The lowest BCUT2D eigenvalue weighted by molar-refractivity contribution is 0.363. The average molecular weight is 247 g/mol. The maximum absolute atomic E-state index is 5.13. The SMILES string of the molecule is Cc1cnc(-c2noc(CNCC(C)C)n2)nc1. The quantitative estimate of drug-likeness (QED) is 0.864. The molecule has 0 radical (unpaired) electrons. The van der Waals surface area contributed by atoms with Gasteiger partial charge in [0, 0.05) is 12.4 Å². The van der Waals surface area contributed by atoms with Crippen LogP contribution in [0.4, 0.5) is 0 Å². The van der Waals surface area contributed by atoms with Crippen LogP contribution < -0.4 is 5.32 Å². The van der Waals surface area contributed by atoms with Gasteiger partial charge in [0.05, 0.1) is 6.54 Å². The Bertz CT molecular complexity index is 491. The predicted octanol–water partition coefficient (Wildman–Crippen LogP) is 1.58. The normalized spacial score (nSPS) is 11.1. The zero-order chi connectivity index (χ0) is 13.0. The first-order valence-corrected chi connectivity index (χ1v) is 5.97. The second-order valence-electron chi connectivity index (χ2n) is 4.62. The third-order valence-electron chi connectivity index (χ3n) is 2.28. The smallest absolute Gasteiger partial charge is 0.241 e. The van der Waals surface area contributed by atoms with Crippen molar-refractivity contribution in [1.29, 1.82) is 0 Å². The standard InChI is InChI=1S/C12H17N5O/c1-8(2)4-13-7-10-16-12(17-18-10)11-14-5-9(3)6-15-11/h5-6,8,13H,4,7H2,1-3H3. The van der Waals surface area contributed by atoms with Gasteiger partial charge in [-0.05, 0) is 24.9 Å². The molecule has 0 unspecified atom stereocenters. The van der Waals surface area contributed by atoms with E-state index in [-0.39, 0.29) is 0 Å². The maximum atomic E-state index is 5.13. The summed E-state index contributed by atoms with van der Waals surface area (Å²) in [4.78, 5) is 12.5. The molecule has 0 aromatic carbocycles. The highest BCUT2D eigenvalue weighted by atomic mass is 16.5. The van der Waals surface area contributed by atoms with Crippen molar-refractivity contribution in [2.75, 3.05) is 6.54 Å². The summed E-state index contributed by atoms with van der Waals surface area (Å²) < 4.78 is 5.13. The third kappa shape index (κ3) is 3.33. The Labute approximate surface area is 106 Å². The highest BCUT2D eigenvalue weighted by Gasteiger charge is 2.10. The van der Waals surface area contributed by atoms with Gasteiger partial charge in [0.2, 0.25) is 17.5 Å². The van der Waals surface area contributed by atoms with Crippen LogP contribution in [0.5, 0.6) is 0 Å². The molecule has 0 saturated heterocycles. The largest absolute Gasteiger partial charge is 0.337 e. The molecule has 0 atom stereocenters. The third-order valence-corrected chi connectivity index (χ3v) is 2.28. The van der Waals surface area contributed by atoms with Crippen LogP contribution in [-0.4, -0.2) is 26.7 Å². The van der Waals surface area contributed by atoms with Gasteiger partial charge >= 0.3 is 0 Å². The molecule has 0 spiro atoms. The molecule has 18 heavy (non-hydrogen) atoms. The minimum Gasteiger partial charge on any atom is -0.337 e. The molecule has 0 aliphatic heterocycles. The fourth-order valence-electron chi connectivity index (χ4n) is 1.39. The minimum absolute atomic E-state index is 0.427. The second kappa shape index (κ2) is 5.68. The predicted molar refractivity (Wildman–Crippen MR) is 66.6 cm³/mol. The van der Waals surface area contributed by atoms with Gasteiger partial charge in [0.15, 0.2) is 0 Å². The Balaban J connectivity index is 1.99. The second-order valence-corrected chi connectivity index (χ2v) is 4.62. The lowest BCUT2D eigenvalue weighted by Gasteiger charge is -2.03. The van der Waals surface area contributed by atoms with Gasteiger partial charge in [0.25, 0.3) is 0 Å². The van der Waals surface area contributed by atoms with Crippen molar-refractivity contribution >= 4 is 0 Å². The highest BCUT2D eigenvalue weighted by Crippen LogP contribution is 2.09. The van der Waals surface area contributed by atoms with Crippen molar-refractivity contribution in [3.8, 4) is 11.6 Å². The van der Waals surface area contributed by atoms with E-state index in [4.69, 9.17) is 4.52 Å². The topological polar surface area (TPSA) is 76.7 Å². The first-order chi connectivity index (χ1) is 8.65. The number of hydrogen-bond donors (Lipinski definition) is 1. The molecule has 2 heterocycles. The van der Waals surface area contributed by atoms with Gasteiger partial charge in [-0.25, -0.2) is 9.97 Å². The molecule has 2 aromatic rings. The van der Waals surface area contributed by atoms with Crippen LogP contribution in [0.1, 0.15) is 25.3 Å². The van der Waals surface area contributed by atoms with E-state index in [9.17, 15) is 0 Å². The Morgan fingerprint density at radius 3 is 2.61 bits per heavy atom. The first-order valence-electron chi connectivity index (χ1n) is 5.97. The Kier molecular flexibility index (Phi) is 3.99. The number of rotatable bonds is 5. The molecule has 6 nitrogen and oxygen atoms in total. The molecule has 0 aliphatic carbocycles. The van der Waals surface area contributed by atoms with Gasteiger partial charge in [-0.2, -0.15) is 4.98 Å². The summed E-state index contributed by atoms with van der Waals surface area (Å²) in [6, 6.07) is 0. The van der Waals surface area contributed by atoms with Crippen molar-refractivity contribution < 1.29 is 4.52 Å². The molecule has 0 aliphatic rings. The molecule has 2 rings (SSSR count). The monoisotopic (exact) mass is 247 g/mol. The van der Waals surface area contributed by atoms with Crippen LogP contribution in [0.2, 0.25) is 0 Å². The number of nitrogens with zero attached hydrogens (tertiary/aromatic N) is 4. The van der Waals surface area contributed by atoms with Crippen LogP contribution in [-0.2, 0) is 6.54 Å². The summed E-state index contributed by atoms with van der Waals surface area (Å²) in [5.41, 5.74) is 1.00. The zero-order valence-corrected chi connectivity index (χ0v) is 10.8. The lowest BCUT2D eigenvalue weighted by atomic mass is 10.2. The van der Waals surface area contributed by atoms with Crippen molar-refractivity contribution in [3.05, 3.63) is 23.8 Å². The molecule has 0 amide bonds. The zero-order valence-electron chi connectivity index (χ0n) is 10.8. The van der Waals surface area contributed by atoms with Crippen LogP contribution in [0, 0.1) is 12.8 Å². The van der Waals surface area contributed by atoms with Gasteiger partial charge in [-0.15, -0.1) is 0 Å². The molecular weight excluding hydrogens is 230 g/mol. The van der Waals surface area contributed by atoms with Crippen LogP contribution in [0.15, 0.2) is 16.9 Å². The van der Waals surface area contributed by atoms with Gasteiger partial charge < -0.3 is 9.84 Å². The molecule has 2 aromatic heterocycles. The lowest BCUT2D eigenvalue weighted by Crippen LogP contribution is -2.19. The summed E-state index contributed by atoms with van der Waals surface area (Å²) >= 11 is 0. The molecule has 96 valence electrons. The van der Waals surface area contributed by atoms with E-state index in [0.717, 1.165) is 12.1 Å². The maximum Gasteiger partial charge on any atom is 0.241 e. The number of aromatic nitrogens is 4. The average Bonchev–Trinajstić information content (AvgIpc) is 2.78. The molecular formula is C12H17N5O. The number of hydrogen-bond acceptors (Lipinski definition) is 6. The van der Waals surface area contributed by atoms with Crippen LogP contribution in [0.25, 0.3) is 11.6 Å². The van der Waals surface area contributed by atoms with Gasteiger partial charge in [-0.1, -0.05) is 19.0 Å². The van der Waals surface area contributed by atoms with E-state index in [0.29, 0.717) is 30.0 Å². The number of aryl methyl sites for hydroxylation is 1. The summed E-state index contributed by atoms with van der Waals surface area (Å²) in [7, 11) is 0. The molecule has 0 saturated carbocycles. The summed E-state index contributed by atoms with van der Waals surface area (Å²) in [5, 5.41) is 7.10. The number of nitrogens with one attached hydrogen (secondary N) is 1. The fraction of sp³-hybridized carbons (Fsp3) is 0.500. The first kappa shape index (κ1) is 12.6. The van der Waals surface area contributed by atoms with E-state index in [2.05, 4.69) is 39.3 Å². The van der Waals surface area contributed by atoms with Crippen molar-refractivity contribution in [2.24, 2.45) is 5.92 Å². The Morgan fingerprint density at radius 2 is 1.94 bits per heavy atom. The summed E-state index contributed by atoms with van der Waals surface area (Å²) in [6.07, 6.45) is 3.46. The molecule has 0 fully saturated rings. The minimum atomic E-state index is 0.427. The fourth-order valence-corrected chi connectivity index (χ4v) is 1.39. The van der Waals surface area contributed by atoms with E-state index in [1.807, 2.05) is 6.92 Å². The Hall–Kier alpha value is -1.82. The molecule has 6 heteroatoms. The summed E-state index contributed by atoms with van der Waals surface area (Å²) in [6.45, 7) is 7.70. The highest BCUT2D eigenvalue weighted by molar-refractivity contribution is 5.40. The van der Waals surface area contributed by atoms with Gasteiger partial charge in [0.1, 0.15) is 0 Å². The van der Waals surface area contributed by atoms with Crippen molar-refractivity contribution in [1.82, 2.24) is 25.4 Å². The Morgan fingerprint density at radius 1 is 1.22 bits per heavy atom. The molecule has 1 N–H and O–H groups in total. The molecule has 0 bridgehead atoms. The van der Waals surface area contributed by atoms with Crippen molar-refractivity contribution in [2.45, 2.75) is 27.3 Å². The van der Waals surface area contributed by atoms with Gasteiger partial charge in [-0.3, -0.25) is 0 Å².